The van der Waals surface area contributed by atoms with Gasteiger partial charge in [-0.3, -0.25) is 0 Å². The van der Waals surface area contributed by atoms with Crippen LogP contribution in [0.1, 0.15) is 32.4 Å². The minimum atomic E-state index is -0.661. The molecule has 1 atom stereocenters. The van der Waals surface area contributed by atoms with E-state index in [1.807, 2.05) is 31.2 Å². The molecule has 0 amide bonds. The molecule has 4 heteroatoms. The van der Waals surface area contributed by atoms with Gasteiger partial charge in [0, 0.05) is 5.56 Å². The Morgan fingerprint density at radius 3 is 2.59 bits per heavy atom. The largest absolute Gasteiger partial charge is 0.508 e. The molecular weight excluding hydrogens is 220 g/mol. The molecule has 17 heavy (non-hydrogen) atoms. The van der Waals surface area contributed by atoms with Crippen LogP contribution < -0.4 is 4.74 Å². The van der Waals surface area contributed by atoms with E-state index in [9.17, 15) is 4.79 Å². The molecule has 0 spiro atoms. The first-order valence-corrected chi connectivity index (χ1v) is 5.74. The lowest BCUT2D eigenvalue weighted by atomic mass is 10.1. The molecule has 0 radical (unpaired) electrons. The third kappa shape index (κ3) is 3.98. The molecule has 0 N–H and O–H groups in total. The highest BCUT2D eigenvalue weighted by Gasteiger charge is 2.16. The van der Waals surface area contributed by atoms with Crippen molar-refractivity contribution in [3.05, 3.63) is 29.8 Å². The molecule has 0 aliphatic rings. The normalized spacial score (nSPS) is 11.7. The Labute approximate surface area is 101 Å². The van der Waals surface area contributed by atoms with Crippen molar-refractivity contribution in [2.24, 2.45) is 0 Å². The number of carbonyl (C=O) groups is 1. The van der Waals surface area contributed by atoms with E-state index in [1.165, 1.54) is 0 Å². The van der Waals surface area contributed by atoms with Crippen LogP contribution in [0.15, 0.2) is 24.3 Å². The van der Waals surface area contributed by atoms with Crippen molar-refractivity contribution in [2.45, 2.75) is 26.9 Å². The number of hydrogen-bond acceptors (Lipinski definition) is 4. The molecule has 1 aromatic rings. The quantitative estimate of drug-likeness (QED) is 0.738. The first-order valence-electron chi connectivity index (χ1n) is 5.74. The molecule has 0 saturated heterocycles. The zero-order chi connectivity index (χ0) is 12.7. The summed E-state index contributed by atoms with van der Waals surface area (Å²) in [6, 6.07) is 7.48. The van der Waals surface area contributed by atoms with Gasteiger partial charge >= 0.3 is 6.16 Å². The van der Waals surface area contributed by atoms with Gasteiger partial charge in [0.25, 0.3) is 0 Å². The SMILES string of the molecule is CCOC(=O)OC(C)c1ccccc1OCC. The number of ether oxygens (including phenoxy) is 3. The second kappa shape index (κ2) is 6.78. The van der Waals surface area contributed by atoms with Crippen molar-refractivity contribution < 1.29 is 19.0 Å². The summed E-state index contributed by atoms with van der Waals surface area (Å²) in [4.78, 5) is 11.2. The molecule has 0 bridgehead atoms. The Bertz CT molecular complexity index is 362. The molecule has 0 fully saturated rings. The lowest BCUT2D eigenvalue weighted by Crippen LogP contribution is -2.11. The Morgan fingerprint density at radius 1 is 1.24 bits per heavy atom. The highest BCUT2D eigenvalue weighted by Crippen LogP contribution is 2.27. The average molecular weight is 238 g/mol. The summed E-state index contributed by atoms with van der Waals surface area (Å²) in [5.74, 6) is 0.729. The fraction of sp³-hybridized carbons (Fsp3) is 0.462. The summed E-state index contributed by atoms with van der Waals surface area (Å²) in [6.45, 7) is 6.31. The maximum atomic E-state index is 11.2. The zero-order valence-electron chi connectivity index (χ0n) is 10.4. The van der Waals surface area contributed by atoms with Crippen molar-refractivity contribution in [3.8, 4) is 5.75 Å². The summed E-state index contributed by atoms with van der Waals surface area (Å²) in [5.41, 5.74) is 0.836. The van der Waals surface area contributed by atoms with Crippen molar-refractivity contribution in [1.29, 1.82) is 0 Å². The van der Waals surface area contributed by atoms with Crippen LogP contribution in [0, 0.1) is 0 Å². The van der Waals surface area contributed by atoms with Gasteiger partial charge in [-0.15, -0.1) is 0 Å². The highest BCUT2D eigenvalue weighted by molar-refractivity contribution is 5.60. The minimum absolute atomic E-state index is 0.304. The topological polar surface area (TPSA) is 44.8 Å². The first-order chi connectivity index (χ1) is 8.19. The van der Waals surface area contributed by atoms with Crippen LogP contribution in [0.3, 0.4) is 0 Å². The summed E-state index contributed by atoms with van der Waals surface area (Å²) >= 11 is 0. The third-order valence-electron chi connectivity index (χ3n) is 2.19. The van der Waals surface area contributed by atoms with E-state index in [0.717, 1.165) is 11.3 Å². The van der Waals surface area contributed by atoms with E-state index in [0.29, 0.717) is 13.2 Å². The summed E-state index contributed by atoms with van der Waals surface area (Å²) in [6.07, 6.45) is -1.05. The second-order valence-electron chi connectivity index (χ2n) is 3.41. The highest BCUT2D eigenvalue weighted by atomic mass is 16.7. The Hall–Kier alpha value is -1.71. The van der Waals surface area contributed by atoms with E-state index in [2.05, 4.69) is 0 Å². The standard InChI is InChI=1S/C13H18O4/c1-4-15-12-9-7-6-8-11(12)10(3)17-13(14)16-5-2/h6-10H,4-5H2,1-3H3. The van der Waals surface area contributed by atoms with Crippen molar-refractivity contribution in [3.63, 3.8) is 0 Å². The fourth-order valence-electron chi connectivity index (χ4n) is 1.46. The van der Waals surface area contributed by atoms with Gasteiger partial charge in [0.2, 0.25) is 0 Å². The summed E-state index contributed by atoms with van der Waals surface area (Å²) in [7, 11) is 0. The average Bonchev–Trinajstić information content (AvgIpc) is 2.30. The van der Waals surface area contributed by atoms with Crippen LogP contribution in [0.2, 0.25) is 0 Å². The van der Waals surface area contributed by atoms with Crippen LogP contribution >= 0.6 is 0 Å². The first kappa shape index (κ1) is 13.4. The van der Waals surface area contributed by atoms with Crippen LogP contribution in [0.4, 0.5) is 4.79 Å². The maximum Gasteiger partial charge on any atom is 0.508 e. The van der Waals surface area contributed by atoms with Gasteiger partial charge in [-0.2, -0.15) is 0 Å². The summed E-state index contributed by atoms with van der Waals surface area (Å²) < 4.78 is 15.3. The molecular formula is C13H18O4. The molecule has 1 aromatic carbocycles. The number of rotatable bonds is 5. The maximum absolute atomic E-state index is 11.2. The molecule has 0 aliphatic carbocycles. The molecule has 1 unspecified atom stereocenters. The zero-order valence-corrected chi connectivity index (χ0v) is 10.4. The van der Waals surface area contributed by atoms with Gasteiger partial charge < -0.3 is 14.2 Å². The number of carbonyl (C=O) groups excluding carboxylic acids is 1. The lowest BCUT2D eigenvalue weighted by molar-refractivity contribution is 0.0309. The Kier molecular flexibility index (Phi) is 5.33. The van der Waals surface area contributed by atoms with Gasteiger partial charge in [0.15, 0.2) is 0 Å². The molecule has 0 aromatic heterocycles. The van der Waals surface area contributed by atoms with E-state index in [-0.39, 0.29) is 0 Å². The number of benzene rings is 1. The van der Waals surface area contributed by atoms with Crippen molar-refractivity contribution in [1.82, 2.24) is 0 Å². The predicted molar refractivity (Wildman–Crippen MR) is 64.1 cm³/mol. The van der Waals surface area contributed by atoms with E-state index in [4.69, 9.17) is 14.2 Å². The third-order valence-corrected chi connectivity index (χ3v) is 2.19. The monoisotopic (exact) mass is 238 g/mol. The molecule has 0 saturated carbocycles. The molecule has 94 valence electrons. The van der Waals surface area contributed by atoms with Gasteiger partial charge in [-0.25, -0.2) is 4.79 Å². The number of para-hydroxylation sites is 1. The van der Waals surface area contributed by atoms with Gasteiger partial charge in [-0.05, 0) is 26.8 Å². The molecule has 1 rings (SSSR count). The van der Waals surface area contributed by atoms with Gasteiger partial charge in [-0.1, -0.05) is 18.2 Å². The van der Waals surface area contributed by atoms with Crippen molar-refractivity contribution >= 4 is 6.16 Å². The van der Waals surface area contributed by atoms with E-state index < -0.39 is 12.3 Å². The van der Waals surface area contributed by atoms with Crippen LogP contribution in [-0.4, -0.2) is 19.4 Å². The predicted octanol–water partition coefficient (Wildman–Crippen LogP) is 3.32. The van der Waals surface area contributed by atoms with Gasteiger partial charge in [0.05, 0.1) is 13.2 Å². The fourth-order valence-corrected chi connectivity index (χ4v) is 1.46. The Balaban J connectivity index is 2.73. The Morgan fingerprint density at radius 2 is 1.94 bits per heavy atom. The van der Waals surface area contributed by atoms with Crippen molar-refractivity contribution in [2.75, 3.05) is 13.2 Å². The molecule has 0 aliphatic heterocycles. The van der Waals surface area contributed by atoms with Crippen LogP contribution in [0.5, 0.6) is 5.75 Å². The summed E-state index contributed by atoms with van der Waals surface area (Å²) in [5, 5.41) is 0. The van der Waals surface area contributed by atoms with Crippen LogP contribution in [-0.2, 0) is 9.47 Å². The minimum Gasteiger partial charge on any atom is -0.493 e. The molecule has 4 nitrogen and oxygen atoms in total. The van der Waals surface area contributed by atoms with Crippen LogP contribution in [0.25, 0.3) is 0 Å². The number of hydrogen-bond donors (Lipinski definition) is 0. The lowest BCUT2D eigenvalue weighted by Gasteiger charge is -2.16. The second-order valence-corrected chi connectivity index (χ2v) is 3.41. The van der Waals surface area contributed by atoms with E-state index in [1.54, 1.807) is 13.8 Å². The van der Waals surface area contributed by atoms with E-state index >= 15 is 0 Å². The smallest absolute Gasteiger partial charge is 0.493 e. The molecule has 0 heterocycles. The van der Waals surface area contributed by atoms with Gasteiger partial charge in [0.1, 0.15) is 11.9 Å².